The molecule has 0 saturated heterocycles. The Morgan fingerprint density at radius 3 is 3.09 bits per heavy atom. The molecule has 0 aliphatic heterocycles. The van der Waals surface area contributed by atoms with Crippen LogP contribution in [0, 0.1) is 0 Å². The van der Waals surface area contributed by atoms with Crippen LogP contribution < -0.4 is 5.32 Å². The van der Waals surface area contributed by atoms with Crippen LogP contribution >= 0.6 is 11.3 Å². The summed E-state index contributed by atoms with van der Waals surface area (Å²) in [6, 6.07) is 12.6. The molecule has 0 fully saturated rings. The molecule has 0 spiro atoms. The molecule has 2 heterocycles. The van der Waals surface area contributed by atoms with Gasteiger partial charge in [0, 0.05) is 18.7 Å². The van der Waals surface area contributed by atoms with E-state index in [1.54, 1.807) is 11.3 Å². The zero-order valence-corrected chi connectivity index (χ0v) is 13.2. The van der Waals surface area contributed by atoms with E-state index in [9.17, 15) is 5.11 Å². The second kappa shape index (κ2) is 5.47. The van der Waals surface area contributed by atoms with Gasteiger partial charge >= 0.3 is 0 Å². The number of aromatic nitrogens is 1. The number of aliphatic hydroxyl groups excluding tert-OH is 1. The average Bonchev–Trinajstić information content (AvgIpc) is 3.11. The van der Waals surface area contributed by atoms with E-state index in [0.29, 0.717) is 0 Å². The van der Waals surface area contributed by atoms with Gasteiger partial charge < -0.3 is 10.4 Å². The zero-order valence-electron chi connectivity index (χ0n) is 12.4. The summed E-state index contributed by atoms with van der Waals surface area (Å²) in [6.45, 7) is 2.13. The number of nitrogens with one attached hydrogen (secondary N) is 1. The van der Waals surface area contributed by atoms with Crippen molar-refractivity contribution < 1.29 is 5.11 Å². The van der Waals surface area contributed by atoms with E-state index in [0.717, 1.165) is 17.5 Å². The standard InChI is InChI=1S/C18H18N2OS/c1-11(13-9-17-15(19-10-13)6-7-22-17)20-18-14-5-3-2-4-12(14)8-16(18)21/h2-7,9-11,16,18,20-21H,8H2,1H3. The molecular weight excluding hydrogens is 292 g/mol. The molecule has 0 bridgehead atoms. The van der Waals surface area contributed by atoms with Crippen molar-refractivity contribution in [1.29, 1.82) is 0 Å². The first kappa shape index (κ1) is 13.9. The van der Waals surface area contributed by atoms with Gasteiger partial charge in [-0.3, -0.25) is 4.98 Å². The number of benzene rings is 1. The molecule has 3 unspecified atom stereocenters. The monoisotopic (exact) mass is 310 g/mol. The van der Waals surface area contributed by atoms with Crippen molar-refractivity contribution >= 4 is 21.6 Å². The summed E-state index contributed by atoms with van der Waals surface area (Å²) in [4.78, 5) is 4.51. The van der Waals surface area contributed by atoms with Gasteiger partial charge in [0.25, 0.3) is 0 Å². The number of fused-ring (bicyclic) bond motifs is 2. The highest BCUT2D eigenvalue weighted by Crippen LogP contribution is 2.33. The fourth-order valence-corrected chi connectivity index (χ4v) is 4.03. The van der Waals surface area contributed by atoms with E-state index in [1.165, 1.54) is 15.8 Å². The Morgan fingerprint density at radius 1 is 1.32 bits per heavy atom. The minimum Gasteiger partial charge on any atom is -0.391 e. The summed E-state index contributed by atoms with van der Waals surface area (Å²) in [6.07, 6.45) is 2.29. The van der Waals surface area contributed by atoms with Gasteiger partial charge in [-0.15, -0.1) is 11.3 Å². The van der Waals surface area contributed by atoms with Crippen LogP contribution in [0.15, 0.2) is 48.0 Å². The first-order valence-corrected chi connectivity index (χ1v) is 8.45. The van der Waals surface area contributed by atoms with E-state index < -0.39 is 0 Å². The number of hydrogen-bond acceptors (Lipinski definition) is 4. The van der Waals surface area contributed by atoms with Crippen LogP contribution in [0.2, 0.25) is 0 Å². The highest BCUT2D eigenvalue weighted by Gasteiger charge is 2.31. The van der Waals surface area contributed by atoms with Crippen molar-refractivity contribution in [1.82, 2.24) is 10.3 Å². The minimum atomic E-state index is -0.363. The van der Waals surface area contributed by atoms with E-state index in [1.807, 2.05) is 24.4 Å². The molecule has 2 N–H and O–H groups in total. The molecule has 2 aromatic heterocycles. The van der Waals surface area contributed by atoms with Gasteiger partial charge in [0.1, 0.15) is 0 Å². The number of rotatable bonds is 3. The van der Waals surface area contributed by atoms with Gasteiger partial charge in [0.2, 0.25) is 0 Å². The smallest absolute Gasteiger partial charge is 0.0809 e. The van der Waals surface area contributed by atoms with Crippen LogP contribution in [0.5, 0.6) is 0 Å². The summed E-state index contributed by atoms with van der Waals surface area (Å²) >= 11 is 1.71. The predicted molar refractivity (Wildman–Crippen MR) is 90.1 cm³/mol. The molecule has 0 amide bonds. The lowest BCUT2D eigenvalue weighted by Crippen LogP contribution is -2.31. The Kier molecular flexibility index (Phi) is 3.45. The second-order valence-electron chi connectivity index (χ2n) is 5.91. The van der Waals surface area contributed by atoms with Crippen molar-refractivity contribution in [2.75, 3.05) is 0 Å². The van der Waals surface area contributed by atoms with Gasteiger partial charge in [-0.2, -0.15) is 0 Å². The van der Waals surface area contributed by atoms with Gasteiger partial charge in [0.05, 0.1) is 22.4 Å². The van der Waals surface area contributed by atoms with E-state index in [2.05, 4.69) is 40.8 Å². The van der Waals surface area contributed by atoms with Crippen molar-refractivity contribution in [3.63, 3.8) is 0 Å². The molecule has 0 radical (unpaired) electrons. The Balaban J connectivity index is 1.60. The zero-order chi connectivity index (χ0) is 15.1. The fourth-order valence-electron chi connectivity index (χ4n) is 3.24. The van der Waals surface area contributed by atoms with Gasteiger partial charge in [0.15, 0.2) is 0 Å². The molecule has 3 atom stereocenters. The Labute approximate surface area is 133 Å². The minimum absolute atomic E-state index is 0.00904. The number of aliphatic hydroxyl groups is 1. The predicted octanol–water partition coefficient (Wildman–Crippen LogP) is 3.61. The van der Waals surface area contributed by atoms with E-state index in [4.69, 9.17) is 0 Å². The van der Waals surface area contributed by atoms with Crippen molar-refractivity contribution in [2.24, 2.45) is 0 Å². The van der Waals surface area contributed by atoms with Crippen LogP contribution in [0.3, 0.4) is 0 Å². The third kappa shape index (κ3) is 2.33. The number of hydrogen-bond donors (Lipinski definition) is 2. The highest BCUT2D eigenvalue weighted by molar-refractivity contribution is 7.17. The lowest BCUT2D eigenvalue weighted by molar-refractivity contribution is 0.136. The molecule has 3 aromatic rings. The Hall–Kier alpha value is -1.75. The number of thiophene rings is 1. The average molecular weight is 310 g/mol. The quantitative estimate of drug-likeness (QED) is 0.777. The van der Waals surface area contributed by atoms with Gasteiger partial charge in [-0.05, 0) is 41.1 Å². The molecule has 0 saturated carbocycles. The first-order chi connectivity index (χ1) is 10.7. The van der Waals surface area contributed by atoms with Crippen molar-refractivity contribution in [3.05, 3.63) is 64.7 Å². The fraction of sp³-hybridized carbons (Fsp3) is 0.278. The maximum atomic E-state index is 10.4. The van der Waals surface area contributed by atoms with E-state index >= 15 is 0 Å². The lowest BCUT2D eigenvalue weighted by Gasteiger charge is -2.23. The number of pyridine rings is 1. The summed E-state index contributed by atoms with van der Waals surface area (Å²) < 4.78 is 1.21. The van der Waals surface area contributed by atoms with Gasteiger partial charge in [-0.1, -0.05) is 24.3 Å². The molecular formula is C18H18N2OS. The van der Waals surface area contributed by atoms with Crippen molar-refractivity contribution in [3.8, 4) is 0 Å². The van der Waals surface area contributed by atoms with Crippen LogP contribution in [-0.2, 0) is 6.42 Å². The topological polar surface area (TPSA) is 45.1 Å². The maximum absolute atomic E-state index is 10.4. The first-order valence-electron chi connectivity index (χ1n) is 7.57. The molecule has 3 nitrogen and oxygen atoms in total. The van der Waals surface area contributed by atoms with Crippen LogP contribution in [0.4, 0.5) is 0 Å². The summed E-state index contributed by atoms with van der Waals surface area (Å²) in [7, 11) is 0. The summed E-state index contributed by atoms with van der Waals surface area (Å²) in [5.74, 6) is 0. The molecule has 22 heavy (non-hydrogen) atoms. The largest absolute Gasteiger partial charge is 0.391 e. The third-order valence-electron chi connectivity index (χ3n) is 4.46. The Bertz CT molecular complexity index is 813. The summed E-state index contributed by atoms with van der Waals surface area (Å²) in [5.41, 5.74) is 4.66. The number of nitrogens with zero attached hydrogens (tertiary/aromatic N) is 1. The third-order valence-corrected chi connectivity index (χ3v) is 5.31. The van der Waals surface area contributed by atoms with Crippen LogP contribution in [0.1, 0.15) is 35.7 Å². The maximum Gasteiger partial charge on any atom is 0.0809 e. The highest BCUT2D eigenvalue weighted by atomic mass is 32.1. The van der Waals surface area contributed by atoms with Crippen LogP contribution in [0.25, 0.3) is 10.2 Å². The summed E-state index contributed by atoms with van der Waals surface area (Å²) in [5, 5.41) is 16.0. The second-order valence-corrected chi connectivity index (χ2v) is 6.86. The molecule has 4 heteroatoms. The lowest BCUT2D eigenvalue weighted by atomic mass is 10.0. The Morgan fingerprint density at radius 2 is 2.18 bits per heavy atom. The van der Waals surface area contributed by atoms with Crippen LogP contribution in [-0.4, -0.2) is 16.2 Å². The SMILES string of the molecule is CC(NC1c2ccccc2CC1O)c1cnc2ccsc2c1. The molecule has 1 aliphatic carbocycles. The van der Waals surface area contributed by atoms with Crippen molar-refractivity contribution in [2.45, 2.75) is 31.5 Å². The molecule has 4 rings (SSSR count). The van der Waals surface area contributed by atoms with Gasteiger partial charge in [-0.25, -0.2) is 0 Å². The molecule has 1 aliphatic rings. The van der Waals surface area contributed by atoms with E-state index in [-0.39, 0.29) is 18.2 Å². The molecule has 1 aromatic carbocycles. The molecule has 112 valence electrons. The normalized spacial score (nSPS) is 21.9.